The van der Waals surface area contributed by atoms with E-state index in [1.165, 1.54) is 12.4 Å². The van der Waals surface area contributed by atoms with Crippen LogP contribution in [0.2, 0.25) is 5.02 Å². The number of esters is 1. The van der Waals surface area contributed by atoms with Gasteiger partial charge in [-0.2, -0.15) is 0 Å². The lowest BCUT2D eigenvalue weighted by molar-refractivity contribution is 0.0512. The summed E-state index contributed by atoms with van der Waals surface area (Å²) in [6, 6.07) is 5.27. The molecule has 8 nitrogen and oxygen atoms in total. The number of halogens is 1. The van der Waals surface area contributed by atoms with Gasteiger partial charge >= 0.3 is 12.1 Å². The molecule has 2 heterocycles. The number of hydrogen-bond donors (Lipinski definition) is 1. The third kappa shape index (κ3) is 5.27. The Morgan fingerprint density at radius 1 is 1.17 bits per heavy atom. The van der Waals surface area contributed by atoms with Crippen molar-refractivity contribution in [1.29, 1.82) is 0 Å². The van der Waals surface area contributed by atoms with E-state index in [0.717, 1.165) is 5.39 Å². The van der Waals surface area contributed by atoms with E-state index in [4.69, 9.17) is 25.5 Å². The molecule has 0 saturated carbocycles. The third-order valence-electron chi connectivity index (χ3n) is 3.85. The molecule has 0 aliphatic carbocycles. The number of nitrogens with one attached hydrogen (secondary N) is 1. The standard InChI is InChI=1S/C21H22ClN3O5/c1-5-28-19(26)14-9-23-18(24-10-14)13-6-12-7-15(29-17(12)16(22)8-13)11-25-20(27)30-21(2,3)4/h6-10H,5,11H2,1-4H3,(H,25,27). The zero-order valence-corrected chi connectivity index (χ0v) is 17.9. The molecule has 0 aliphatic rings. The Bertz CT molecular complexity index is 1070. The first-order chi connectivity index (χ1) is 14.2. The zero-order valence-electron chi connectivity index (χ0n) is 17.1. The number of ether oxygens (including phenoxy) is 2. The Hall–Kier alpha value is -3.13. The molecule has 0 aliphatic heterocycles. The van der Waals surface area contributed by atoms with Crippen molar-refractivity contribution in [2.45, 2.75) is 39.8 Å². The first kappa shape index (κ1) is 21.6. The number of nitrogens with zero attached hydrogens (tertiary/aromatic N) is 2. The van der Waals surface area contributed by atoms with E-state index in [2.05, 4.69) is 15.3 Å². The van der Waals surface area contributed by atoms with E-state index < -0.39 is 17.7 Å². The van der Waals surface area contributed by atoms with Gasteiger partial charge < -0.3 is 19.2 Å². The molecular weight excluding hydrogens is 410 g/mol. The molecule has 1 N–H and O–H groups in total. The van der Waals surface area contributed by atoms with Gasteiger partial charge in [0, 0.05) is 23.3 Å². The number of carbonyl (C=O) groups excluding carboxylic acids is 2. The smallest absolute Gasteiger partial charge is 0.408 e. The first-order valence-electron chi connectivity index (χ1n) is 9.34. The third-order valence-corrected chi connectivity index (χ3v) is 4.13. The average molecular weight is 432 g/mol. The predicted molar refractivity (Wildman–Crippen MR) is 111 cm³/mol. The molecule has 3 aromatic rings. The lowest BCUT2D eigenvalue weighted by Gasteiger charge is -2.19. The lowest BCUT2D eigenvalue weighted by Crippen LogP contribution is -2.32. The normalized spacial score (nSPS) is 11.4. The predicted octanol–water partition coefficient (Wildman–Crippen LogP) is 4.74. The number of aromatic nitrogens is 2. The molecule has 1 amide bonds. The topological polar surface area (TPSA) is 104 Å². The fourth-order valence-corrected chi connectivity index (χ4v) is 2.92. The Labute approximate surface area is 178 Å². The van der Waals surface area contributed by atoms with Crippen molar-refractivity contribution in [1.82, 2.24) is 15.3 Å². The molecule has 9 heteroatoms. The second kappa shape index (κ2) is 8.71. The maximum Gasteiger partial charge on any atom is 0.408 e. The molecule has 0 unspecified atom stereocenters. The second-order valence-electron chi connectivity index (χ2n) is 7.46. The van der Waals surface area contributed by atoms with Gasteiger partial charge in [0.15, 0.2) is 11.4 Å². The molecule has 3 rings (SSSR count). The average Bonchev–Trinajstić information content (AvgIpc) is 3.09. The number of benzene rings is 1. The maximum absolute atomic E-state index is 11.8. The van der Waals surface area contributed by atoms with Crippen molar-refractivity contribution in [3.8, 4) is 11.4 Å². The minimum Gasteiger partial charge on any atom is -0.462 e. The lowest BCUT2D eigenvalue weighted by atomic mass is 10.1. The highest BCUT2D eigenvalue weighted by Gasteiger charge is 2.17. The van der Waals surface area contributed by atoms with Crippen LogP contribution in [0.25, 0.3) is 22.4 Å². The Morgan fingerprint density at radius 3 is 2.50 bits per heavy atom. The summed E-state index contributed by atoms with van der Waals surface area (Å²) >= 11 is 6.36. The largest absolute Gasteiger partial charge is 0.462 e. The molecule has 0 radical (unpaired) electrons. The zero-order chi connectivity index (χ0) is 21.9. The molecule has 30 heavy (non-hydrogen) atoms. The number of rotatable bonds is 5. The van der Waals surface area contributed by atoms with Gasteiger partial charge in [-0.1, -0.05) is 11.6 Å². The molecule has 2 aromatic heterocycles. The van der Waals surface area contributed by atoms with E-state index >= 15 is 0 Å². The van der Waals surface area contributed by atoms with E-state index in [1.54, 1.807) is 39.8 Å². The van der Waals surface area contributed by atoms with Crippen LogP contribution in [0.15, 0.2) is 35.0 Å². The highest BCUT2D eigenvalue weighted by molar-refractivity contribution is 6.35. The van der Waals surface area contributed by atoms with Gasteiger partial charge in [0.05, 0.1) is 23.7 Å². The molecule has 0 atom stereocenters. The highest BCUT2D eigenvalue weighted by atomic mass is 35.5. The van der Waals surface area contributed by atoms with E-state index in [0.29, 0.717) is 27.8 Å². The summed E-state index contributed by atoms with van der Waals surface area (Å²) in [7, 11) is 0. The van der Waals surface area contributed by atoms with Crippen LogP contribution in [0, 0.1) is 0 Å². The van der Waals surface area contributed by atoms with Crippen molar-refractivity contribution in [2.75, 3.05) is 6.61 Å². The molecule has 0 fully saturated rings. The van der Waals surface area contributed by atoms with Crippen LogP contribution in [0.5, 0.6) is 0 Å². The molecule has 1 aromatic carbocycles. The summed E-state index contributed by atoms with van der Waals surface area (Å²) in [6.45, 7) is 7.52. The first-order valence-corrected chi connectivity index (χ1v) is 9.72. The molecular formula is C21H22ClN3O5. The van der Waals surface area contributed by atoms with Gasteiger partial charge in [-0.15, -0.1) is 0 Å². The van der Waals surface area contributed by atoms with Gasteiger partial charge in [-0.05, 0) is 45.9 Å². The van der Waals surface area contributed by atoms with Crippen molar-refractivity contribution in [2.24, 2.45) is 0 Å². The minimum absolute atomic E-state index is 0.153. The molecule has 158 valence electrons. The number of furan rings is 1. The number of amides is 1. The fourth-order valence-electron chi connectivity index (χ4n) is 2.65. The highest BCUT2D eigenvalue weighted by Crippen LogP contribution is 2.31. The van der Waals surface area contributed by atoms with Crippen LogP contribution in [0.3, 0.4) is 0 Å². The summed E-state index contributed by atoms with van der Waals surface area (Å²) in [5.74, 6) is 0.449. The van der Waals surface area contributed by atoms with Crippen LogP contribution < -0.4 is 5.32 Å². The Kier molecular flexibility index (Phi) is 6.26. The van der Waals surface area contributed by atoms with Gasteiger partial charge in [0.25, 0.3) is 0 Å². The summed E-state index contributed by atoms with van der Waals surface area (Å²) in [4.78, 5) is 32.0. The van der Waals surface area contributed by atoms with E-state index in [-0.39, 0.29) is 18.7 Å². The fraction of sp³-hybridized carbons (Fsp3) is 0.333. The minimum atomic E-state index is -0.584. The Morgan fingerprint density at radius 2 is 1.87 bits per heavy atom. The molecule has 0 saturated heterocycles. The second-order valence-corrected chi connectivity index (χ2v) is 7.87. The SMILES string of the molecule is CCOC(=O)c1cnc(-c2cc(Cl)c3oc(CNC(=O)OC(C)(C)C)cc3c2)nc1. The number of fused-ring (bicyclic) bond motifs is 1. The summed E-state index contributed by atoms with van der Waals surface area (Å²) < 4.78 is 15.9. The van der Waals surface area contributed by atoms with E-state index in [1.807, 2.05) is 6.07 Å². The van der Waals surface area contributed by atoms with Crippen molar-refractivity contribution < 1.29 is 23.5 Å². The maximum atomic E-state index is 11.8. The van der Waals surface area contributed by atoms with E-state index in [9.17, 15) is 9.59 Å². The summed E-state index contributed by atoms with van der Waals surface area (Å²) in [5.41, 5.74) is 0.838. The monoisotopic (exact) mass is 431 g/mol. The van der Waals surface area contributed by atoms with Crippen LogP contribution in [0.1, 0.15) is 43.8 Å². The van der Waals surface area contributed by atoms with Crippen molar-refractivity contribution >= 4 is 34.6 Å². The van der Waals surface area contributed by atoms with Crippen LogP contribution in [0.4, 0.5) is 4.79 Å². The van der Waals surface area contributed by atoms with Gasteiger partial charge in [-0.25, -0.2) is 19.6 Å². The van der Waals surface area contributed by atoms with Gasteiger partial charge in [0.1, 0.15) is 11.4 Å². The Balaban J connectivity index is 1.79. The van der Waals surface area contributed by atoms with Crippen molar-refractivity contribution in [3.05, 3.63) is 46.9 Å². The van der Waals surface area contributed by atoms with Crippen LogP contribution in [-0.2, 0) is 16.0 Å². The number of hydrogen-bond acceptors (Lipinski definition) is 7. The van der Waals surface area contributed by atoms with Crippen LogP contribution in [-0.4, -0.2) is 34.2 Å². The quantitative estimate of drug-likeness (QED) is 0.581. The molecule has 0 spiro atoms. The van der Waals surface area contributed by atoms with Gasteiger partial charge in [-0.3, -0.25) is 0 Å². The number of carbonyl (C=O) groups is 2. The summed E-state index contributed by atoms with van der Waals surface area (Å²) in [5, 5.41) is 3.75. The summed E-state index contributed by atoms with van der Waals surface area (Å²) in [6.07, 6.45) is 2.28. The van der Waals surface area contributed by atoms with Crippen molar-refractivity contribution in [3.63, 3.8) is 0 Å². The van der Waals surface area contributed by atoms with Gasteiger partial charge in [0.2, 0.25) is 0 Å². The van der Waals surface area contributed by atoms with Crippen LogP contribution >= 0.6 is 11.6 Å². The number of alkyl carbamates (subject to hydrolysis) is 1. The molecule has 0 bridgehead atoms.